The number of hydrogen-bond donors (Lipinski definition) is 0. The summed E-state index contributed by atoms with van der Waals surface area (Å²) >= 11 is 3.23. The minimum atomic E-state index is -0.554. The molecule has 1 heterocycles. The number of benzene rings is 1. The Morgan fingerprint density at radius 3 is 2.95 bits per heavy atom. The zero-order valence-electron chi connectivity index (χ0n) is 11.8. The third kappa shape index (κ3) is 3.81. The number of halogens is 2. The van der Waals surface area contributed by atoms with Crippen LogP contribution in [0.1, 0.15) is 30.1 Å². The first-order valence-corrected chi connectivity index (χ1v) is 7.73. The van der Waals surface area contributed by atoms with E-state index in [-0.39, 0.29) is 29.9 Å². The number of carbonyl (C=O) groups is 2. The minimum absolute atomic E-state index is 0.0221. The number of likely N-dealkylation sites (tertiary alicyclic amines) is 1. The van der Waals surface area contributed by atoms with Crippen LogP contribution in [-0.4, -0.2) is 36.5 Å². The molecule has 0 aliphatic carbocycles. The Balaban J connectivity index is 2.12. The topological polar surface area (TPSA) is 46.6 Å². The average Bonchev–Trinajstić information content (AvgIpc) is 2.49. The molecule has 1 amide bonds. The largest absolute Gasteiger partial charge is 0.466 e. The van der Waals surface area contributed by atoms with E-state index in [2.05, 4.69) is 15.9 Å². The van der Waals surface area contributed by atoms with E-state index in [0.29, 0.717) is 30.5 Å². The second-order valence-corrected chi connectivity index (χ2v) is 5.88. The summed E-state index contributed by atoms with van der Waals surface area (Å²) in [5.74, 6) is -1.55. The van der Waals surface area contributed by atoms with Gasteiger partial charge in [-0.1, -0.05) is 15.9 Å². The standard InChI is InChI=1S/C15H17BrFNO3/c1-2-21-15(20)10-4-3-7-18(9-10)14(19)12-8-11(16)5-6-13(12)17/h5-6,8,10H,2-4,7,9H2,1H3. The van der Waals surface area contributed by atoms with Crippen LogP contribution >= 0.6 is 15.9 Å². The number of rotatable bonds is 3. The monoisotopic (exact) mass is 357 g/mol. The average molecular weight is 358 g/mol. The summed E-state index contributed by atoms with van der Waals surface area (Å²) < 4.78 is 19.4. The molecule has 0 saturated carbocycles. The van der Waals surface area contributed by atoms with Gasteiger partial charge in [-0.15, -0.1) is 0 Å². The number of esters is 1. The van der Waals surface area contributed by atoms with Crippen molar-refractivity contribution in [2.75, 3.05) is 19.7 Å². The molecular weight excluding hydrogens is 341 g/mol. The summed E-state index contributed by atoms with van der Waals surface area (Å²) in [6, 6.07) is 4.26. The van der Waals surface area contributed by atoms with Crippen LogP contribution in [0.2, 0.25) is 0 Å². The predicted molar refractivity (Wildman–Crippen MR) is 79.4 cm³/mol. The van der Waals surface area contributed by atoms with Crippen molar-refractivity contribution in [2.45, 2.75) is 19.8 Å². The fourth-order valence-electron chi connectivity index (χ4n) is 2.45. The maximum absolute atomic E-state index is 13.8. The van der Waals surface area contributed by atoms with Gasteiger partial charge in [-0.25, -0.2) is 4.39 Å². The van der Waals surface area contributed by atoms with E-state index in [1.165, 1.54) is 17.0 Å². The molecule has 1 saturated heterocycles. The van der Waals surface area contributed by atoms with Gasteiger partial charge in [0.1, 0.15) is 5.82 Å². The van der Waals surface area contributed by atoms with Crippen molar-refractivity contribution >= 4 is 27.8 Å². The molecule has 2 rings (SSSR count). The van der Waals surface area contributed by atoms with Crippen molar-refractivity contribution in [3.05, 3.63) is 34.1 Å². The molecule has 1 fully saturated rings. The number of hydrogen-bond acceptors (Lipinski definition) is 3. The van der Waals surface area contributed by atoms with Gasteiger partial charge in [0.15, 0.2) is 0 Å². The SMILES string of the molecule is CCOC(=O)C1CCCN(C(=O)c2cc(Br)ccc2F)C1. The molecule has 1 aromatic carbocycles. The van der Waals surface area contributed by atoms with Gasteiger partial charge >= 0.3 is 5.97 Å². The minimum Gasteiger partial charge on any atom is -0.466 e. The molecule has 0 radical (unpaired) electrons. The normalized spacial score (nSPS) is 18.4. The van der Waals surface area contributed by atoms with Crippen molar-refractivity contribution in [3.8, 4) is 0 Å². The maximum Gasteiger partial charge on any atom is 0.310 e. The number of nitrogens with zero attached hydrogens (tertiary/aromatic N) is 1. The first-order valence-electron chi connectivity index (χ1n) is 6.94. The highest BCUT2D eigenvalue weighted by atomic mass is 79.9. The lowest BCUT2D eigenvalue weighted by Gasteiger charge is -2.31. The second-order valence-electron chi connectivity index (χ2n) is 4.97. The first-order chi connectivity index (χ1) is 10.0. The van der Waals surface area contributed by atoms with Gasteiger partial charge < -0.3 is 9.64 Å². The fraction of sp³-hybridized carbons (Fsp3) is 0.467. The third-order valence-electron chi connectivity index (χ3n) is 3.49. The molecule has 1 aliphatic rings. The van der Waals surface area contributed by atoms with E-state index in [1.807, 2.05) is 0 Å². The van der Waals surface area contributed by atoms with Crippen LogP contribution in [0.3, 0.4) is 0 Å². The van der Waals surface area contributed by atoms with E-state index in [4.69, 9.17) is 4.74 Å². The molecule has 1 atom stereocenters. The van der Waals surface area contributed by atoms with Crippen molar-refractivity contribution < 1.29 is 18.7 Å². The van der Waals surface area contributed by atoms with Crippen molar-refractivity contribution in [1.82, 2.24) is 4.90 Å². The highest BCUT2D eigenvalue weighted by Crippen LogP contribution is 2.22. The summed E-state index contributed by atoms with van der Waals surface area (Å²) in [5.41, 5.74) is 0.0221. The quantitative estimate of drug-likeness (QED) is 0.781. The Labute approximate surface area is 131 Å². The van der Waals surface area contributed by atoms with Crippen LogP contribution in [0, 0.1) is 11.7 Å². The Morgan fingerprint density at radius 2 is 2.24 bits per heavy atom. The lowest BCUT2D eigenvalue weighted by atomic mass is 9.97. The van der Waals surface area contributed by atoms with Gasteiger partial charge in [0.05, 0.1) is 18.1 Å². The summed E-state index contributed by atoms with van der Waals surface area (Å²) in [5, 5.41) is 0. The smallest absolute Gasteiger partial charge is 0.310 e. The molecule has 0 N–H and O–H groups in total. The molecule has 1 aliphatic heterocycles. The van der Waals surface area contributed by atoms with E-state index in [1.54, 1.807) is 13.0 Å². The van der Waals surface area contributed by atoms with Crippen LogP contribution in [0.25, 0.3) is 0 Å². The molecule has 114 valence electrons. The predicted octanol–water partition coefficient (Wildman–Crippen LogP) is 3.00. The first kappa shape index (κ1) is 15.9. The summed E-state index contributed by atoms with van der Waals surface area (Å²) in [6.45, 7) is 2.88. The molecule has 0 aromatic heterocycles. The fourth-order valence-corrected chi connectivity index (χ4v) is 2.81. The summed E-state index contributed by atoms with van der Waals surface area (Å²) in [6.07, 6.45) is 1.41. The van der Waals surface area contributed by atoms with Crippen LogP contribution < -0.4 is 0 Å². The van der Waals surface area contributed by atoms with Crippen LogP contribution in [0.15, 0.2) is 22.7 Å². The molecule has 1 aromatic rings. The van der Waals surface area contributed by atoms with Crippen LogP contribution in [0.5, 0.6) is 0 Å². The van der Waals surface area contributed by atoms with E-state index < -0.39 is 5.82 Å². The van der Waals surface area contributed by atoms with Crippen molar-refractivity contribution in [2.24, 2.45) is 5.92 Å². The Hall–Kier alpha value is -1.43. The highest BCUT2D eigenvalue weighted by Gasteiger charge is 2.30. The molecule has 4 nitrogen and oxygen atoms in total. The second kappa shape index (κ2) is 7.02. The molecule has 0 bridgehead atoms. The van der Waals surface area contributed by atoms with Crippen LogP contribution in [0.4, 0.5) is 4.39 Å². The molecule has 1 unspecified atom stereocenters. The zero-order chi connectivity index (χ0) is 15.4. The number of amides is 1. The number of ether oxygens (including phenoxy) is 1. The lowest BCUT2D eigenvalue weighted by Crippen LogP contribution is -2.43. The third-order valence-corrected chi connectivity index (χ3v) is 3.98. The van der Waals surface area contributed by atoms with Crippen molar-refractivity contribution in [3.63, 3.8) is 0 Å². The zero-order valence-corrected chi connectivity index (χ0v) is 13.4. The number of piperidine rings is 1. The molecule has 21 heavy (non-hydrogen) atoms. The van der Waals surface area contributed by atoms with Gasteiger partial charge in [0, 0.05) is 17.6 Å². The van der Waals surface area contributed by atoms with Crippen LogP contribution in [-0.2, 0) is 9.53 Å². The van der Waals surface area contributed by atoms with Gasteiger partial charge in [-0.2, -0.15) is 0 Å². The lowest BCUT2D eigenvalue weighted by molar-refractivity contribution is -0.149. The summed E-state index contributed by atoms with van der Waals surface area (Å²) in [7, 11) is 0. The van der Waals surface area contributed by atoms with E-state index in [0.717, 1.165) is 0 Å². The van der Waals surface area contributed by atoms with Gasteiger partial charge in [0.25, 0.3) is 5.91 Å². The Kier molecular flexibility index (Phi) is 5.33. The van der Waals surface area contributed by atoms with E-state index >= 15 is 0 Å². The molecular formula is C15H17BrFNO3. The van der Waals surface area contributed by atoms with Gasteiger partial charge in [-0.3, -0.25) is 9.59 Å². The Bertz CT molecular complexity index is 550. The van der Waals surface area contributed by atoms with Gasteiger partial charge in [0.2, 0.25) is 0 Å². The highest BCUT2D eigenvalue weighted by molar-refractivity contribution is 9.10. The van der Waals surface area contributed by atoms with E-state index in [9.17, 15) is 14.0 Å². The molecule has 0 spiro atoms. The maximum atomic E-state index is 13.8. The Morgan fingerprint density at radius 1 is 1.48 bits per heavy atom. The summed E-state index contributed by atoms with van der Waals surface area (Å²) in [4.78, 5) is 25.7. The number of carbonyl (C=O) groups excluding carboxylic acids is 2. The van der Waals surface area contributed by atoms with Gasteiger partial charge in [-0.05, 0) is 38.0 Å². The molecule has 6 heteroatoms. The van der Waals surface area contributed by atoms with Crippen molar-refractivity contribution in [1.29, 1.82) is 0 Å².